The fourth-order valence-electron chi connectivity index (χ4n) is 5.25. The molecule has 5 nitrogen and oxygen atoms in total. The highest BCUT2D eigenvalue weighted by molar-refractivity contribution is 6.14. The Morgan fingerprint density at radius 2 is 1.44 bits per heavy atom. The zero-order valence-electron chi connectivity index (χ0n) is 20.0. The Morgan fingerprint density at radius 1 is 0.778 bits per heavy atom. The van der Waals surface area contributed by atoms with E-state index in [0.29, 0.717) is 34.8 Å². The summed E-state index contributed by atoms with van der Waals surface area (Å²) in [6, 6.07) is 22.3. The molecule has 0 saturated carbocycles. The molecule has 6 rings (SSSR count). The number of pyridine rings is 1. The monoisotopic (exact) mass is 473 g/mol. The first-order valence-corrected chi connectivity index (χ1v) is 11.9. The molecule has 4 aromatic carbocycles. The molecule has 1 aliphatic carbocycles. The number of hydrogen-bond acceptors (Lipinski definition) is 3. The number of carboxylic acids is 1. The molecular weight excluding hydrogens is 450 g/mol. The lowest BCUT2D eigenvalue weighted by atomic mass is 9.83. The van der Waals surface area contributed by atoms with Crippen LogP contribution in [-0.4, -0.2) is 21.4 Å². The minimum atomic E-state index is -0.975. The van der Waals surface area contributed by atoms with Crippen molar-refractivity contribution in [2.24, 2.45) is 0 Å². The van der Waals surface area contributed by atoms with Crippen molar-refractivity contribution in [3.05, 3.63) is 128 Å². The molecule has 1 N–H and O–H groups in total. The second-order valence-electron chi connectivity index (χ2n) is 9.63. The molecule has 0 atom stereocenters. The first kappa shape index (κ1) is 22.0. The summed E-state index contributed by atoms with van der Waals surface area (Å²) in [4.78, 5) is 38.5. The van der Waals surface area contributed by atoms with E-state index in [9.17, 15) is 19.5 Å². The number of nitrogens with zero attached hydrogens (tertiary/aromatic N) is 1. The van der Waals surface area contributed by atoms with Gasteiger partial charge in [-0.2, -0.15) is 0 Å². The van der Waals surface area contributed by atoms with Gasteiger partial charge in [0.2, 0.25) is 0 Å². The van der Waals surface area contributed by atoms with E-state index < -0.39 is 5.97 Å². The molecule has 0 radical (unpaired) electrons. The number of carboxylic acid groups (broad SMARTS) is 1. The van der Waals surface area contributed by atoms with Gasteiger partial charge in [-0.25, -0.2) is 4.79 Å². The molecule has 0 spiro atoms. The number of hydrogen-bond donors (Lipinski definition) is 1. The van der Waals surface area contributed by atoms with E-state index in [2.05, 4.69) is 4.57 Å². The van der Waals surface area contributed by atoms with E-state index in [4.69, 9.17) is 0 Å². The van der Waals surface area contributed by atoms with Crippen molar-refractivity contribution >= 4 is 33.6 Å². The normalized spacial score (nSPS) is 12.6. The lowest BCUT2D eigenvalue weighted by Gasteiger charge is -2.22. The Bertz CT molecular complexity index is 1810. The van der Waals surface area contributed by atoms with Crippen LogP contribution in [0.2, 0.25) is 0 Å². The van der Waals surface area contributed by atoms with Crippen molar-refractivity contribution in [1.29, 1.82) is 0 Å². The number of carbonyl (C=O) groups is 2. The van der Waals surface area contributed by atoms with Crippen LogP contribution < -0.4 is 5.43 Å². The Kier molecular flexibility index (Phi) is 4.90. The predicted molar refractivity (Wildman–Crippen MR) is 140 cm³/mol. The highest BCUT2D eigenvalue weighted by atomic mass is 16.4. The Morgan fingerprint density at radius 3 is 2.19 bits per heavy atom. The van der Waals surface area contributed by atoms with Crippen molar-refractivity contribution in [1.82, 2.24) is 4.57 Å². The molecule has 5 aromatic rings. The lowest BCUT2D eigenvalue weighted by Crippen LogP contribution is -2.18. The van der Waals surface area contributed by atoms with E-state index in [1.807, 2.05) is 62.4 Å². The van der Waals surface area contributed by atoms with Gasteiger partial charge >= 0.3 is 5.97 Å². The lowest BCUT2D eigenvalue weighted by molar-refractivity contribution is 0.0696. The van der Waals surface area contributed by atoms with E-state index in [0.717, 1.165) is 38.9 Å². The number of ketones is 1. The fourth-order valence-corrected chi connectivity index (χ4v) is 5.25. The minimum absolute atomic E-state index is 0.0225. The quantitative estimate of drug-likeness (QED) is 0.337. The molecule has 1 aromatic heterocycles. The maximum absolute atomic E-state index is 13.7. The first-order valence-electron chi connectivity index (χ1n) is 11.9. The molecule has 1 aliphatic rings. The smallest absolute Gasteiger partial charge is 0.335 e. The summed E-state index contributed by atoms with van der Waals surface area (Å²) in [5.74, 6) is -0.998. The molecule has 176 valence electrons. The van der Waals surface area contributed by atoms with Crippen molar-refractivity contribution < 1.29 is 14.7 Å². The molecule has 36 heavy (non-hydrogen) atoms. The topological polar surface area (TPSA) is 76.4 Å². The summed E-state index contributed by atoms with van der Waals surface area (Å²) in [5, 5.41) is 10.5. The van der Waals surface area contributed by atoms with Gasteiger partial charge in [-0.05, 0) is 79.4 Å². The van der Waals surface area contributed by atoms with E-state index >= 15 is 0 Å². The Balaban J connectivity index is 1.61. The molecule has 1 heterocycles. The fraction of sp³-hybridized carbons (Fsp3) is 0.129. The highest BCUT2D eigenvalue weighted by Crippen LogP contribution is 2.32. The zero-order chi connectivity index (χ0) is 25.1. The van der Waals surface area contributed by atoms with E-state index in [-0.39, 0.29) is 16.8 Å². The van der Waals surface area contributed by atoms with Gasteiger partial charge in [0, 0.05) is 28.4 Å². The molecule has 0 amide bonds. The van der Waals surface area contributed by atoms with E-state index in [1.54, 1.807) is 24.3 Å². The summed E-state index contributed by atoms with van der Waals surface area (Å²) in [5.41, 5.74) is 7.77. The number of aryl methyl sites for hydroxylation is 2. The molecular formula is C31H23NO4. The van der Waals surface area contributed by atoms with Gasteiger partial charge in [-0.1, -0.05) is 41.5 Å². The third-order valence-corrected chi connectivity index (χ3v) is 7.12. The molecule has 0 aliphatic heterocycles. The van der Waals surface area contributed by atoms with Gasteiger partial charge in [0.1, 0.15) is 0 Å². The maximum Gasteiger partial charge on any atom is 0.335 e. The third kappa shape index (κ3) is 3.43. The van der Waals surface area contributed by atoms with Crippen molar-refractivity contribution in [2.45, 2.75) is 26.8 Å². The van der Waals surface area contributed by atoms with Crippen LogP contribution >= 0.6 is 0 Å². The van der Waals surface area contributed by atoms with Gasteiger partial charge in [0.25, 0.3) is 0 Å². The van der Waals surface area contributed by atoms with Crippen molar-refractivity contribution in [2.75, 3.05) is 0 Å². The zero-order valence-corrected chi connectivity index (χ0v) is 20.0. The molecule has 0 saturated heterocycles. The Hall–Kier alpha value is -4.51. The second kappa shape index (κ2) is 8.02. The molecule has 0 fully saturated rings. The van der Waals surface area contributed by atoms with Crippen LogP contribution in [0.25, 0.3) is 21.8 Å². The molecule has 0 bridgehead atoms. The molecule has 0 unspecified atom stereocenters. The van der Waals surface area contributed by atoms with Gasteiger partial charge in [-0.15, -0.1) is 0 Å². The van der Waals surface area contributed by atoms with E-state index in [1.165, 1.54) is 0 Å². The summed E-state index contributed by atoms with van der Waals surface area (Å²) < 4.78 is 2.06. The van der Waals surface area contributed by atoms with Crippen LogP contribution in [0.3, 0.4) is 0 Å². The summed E-state index contributed by atoms with van der Waals surface area (Å²) in [6.07, 6.45) is 0.606. The summed E-state index contributed by atoms with van der Waals surface area (Å²) in [7, 11) is 0. The largest absolute Gasteiger partial charge is 0.478 e. The predicted octanol–water partition coefficient (Wildman–Crippen LogP) is 5.65. The number of carbonyl (C=O) groups excluding carboxylic acids is 1. The number of benzene rings is 4. The van der Waals surface area contributed by atoms with Crippen LogP contribution in [0.15, 0.2) is 77.6 Å². The summed E-state index contributed by atoms with van der Waals surface area (Å²) >= 11 is 0. The van der Waals surface area contributed by atoms with Crippen LogP contribution in [0, 0.1) is 13.8 Å². The standard InChI is InChI=1S/C31H23NO4/c1-17-3-7-21-13-22-14-26-28(15-24(22)29(33)23(21)11-17)32(16-19-5-8-20(9-6-19)31(35)36)27-10-4-18(2)12-25(27)30(26)34/h3-12,14-15H,13,16H2,1-2H3,(H,35,36). The SMILES string of the molecule is Cc1ccc2c(c1)C(=O)c1cc3c(cc1C2)c(=O)c1cc(C)ccc1n3Cc1ccc(C(=O)O)cc1. The first-order chi connectivity index (χ1) is 17.3. The van der Waals surface area contributed by atoms with Crippen molar-refractivity contribution in [3.8, 4) is 0 Å². The Labute approximate surface area is 207 Å². The van der Waals surface area contributed by atoms with Gasteiger partial charge in [0.15, 0.2) is 11.2 Å². The second-order valence-corrected chi connectivity index (χ2v) is 9.63. The maximum atomic E-state index is 13.7. The van der Waals surface area contributed by atoms with Gasteiger partial charge < -0.3 is 9.67 Å². The molecule has 5 heteroatoms. The highest BCUT2D eigenvalue weighted by Gasteiger charge is 2.25. The van der Waals surface area contributed by atoms with Crippen LogP contribution in [0.1, 0.15) is 54.1 Å². The number of rotatable bonds is 3. The number of fused-ring (bicyclic) bond motifs is 4. The third-order valence-electron chi connectivity index (χ3n) is 7.12. The van der Waals surface area contributed by atoms with Crippen molar-refractivity contribution in [3.63, 3.8) is 0 Å². The number of aromatic carboxylic acids is 1. The van der Waals surface area contributed by atoms with Gasteiger partial charge in [-0.3, -0.25) is 9.59 Å². The number of aromatic nitrogens is 1. The average molecular weight is 474 g/mol. The van der Waals surface area contributed by atoms with Crippen LogP contribution in [-0.2, 0) is 13.0 Å². The van der Waals surface area contributed by atoms with Crippen LogP contribution in [0.5, 0.6) is 0 Å². The minimum Gasteiger partial charge on any atom is -0.478 e. The average Bonchev–Trinajstić information content (AvgIpc) is 2.87. The summed E-state index contributed by atoms with van der Waals surface area (Å²) in [6.45, 7) is 4.37. The van der Waals surface area contributed by atoms with Crippen LogP contribution in [0.4, 0.5) is 0 Å². The van der Waals surface area contributed by atoms with Gasteiger partial charge in [0.05, 0.1) is 16.6 Å².